The first-order valence-corrected chi connectivity index (χ1v) is 6.65. The molecule has 1 aromatic rings. The van der Waals surface area contributed by atoms with Crippen molar-refractivity contribution in [2.75, 3.05) is 18.1 Å². The zero-order valence-corrected chi connectivity index (χ0v) is 10.9. The van der Waals surface area contributed by atoms with Crippen LogP contribution in [0.5, 0.6) is 0 Å². The highest BCUT2D eigenvalue weighted by molar-refractivity contribution is 7.89. The van der Waals surface area contributed by atoms with Gasteiger partial charge in [0.05, 0.1) is 16.3 Å². The van der Waals surface area contributed by atoms with Crippen LogP contribution in [-0.2, 0) is 14.8 Å². The summed E-state index contributed by atoms with van der Waals surface area (Å²) in [6.45, 7) is 1.58. The van der Waals surface area contributed by atoms with Gasteiger partial charge in [-0.1, -0.05) is 0 Å². The fourth-order valence-electron chi connectivity index (χ4n) is 1.26. The number of primary amides is 1. The van der Waals surface area contributed by atoms with Gasteiger partial charge in [-0.2, -0.15) is 0 Å². The van der Waals surface area contributed by atoms with Crippen molar-refractivity contribution >= 4 is 27.3 Å². The van der Waals surface area contributed by atoms with Gasteiger partial charge in [-0.25, -0.2) is 13.1 Å². The van der Waals surface area contributed by atoms with E-state index < -0.39 is 22.0 Å². The van der Waals surface area contributed by atoms with E-state index in [1.807, 2.05) is 0 Å². The fourth-order valence-corrected chi connectivity index (χ4v) is 2.03. The maximum absolute atomic E-state index is 11.5. The van der Waals surface area contributed by atoms with Gasteiger partial charge in [-0.05, 0) is 32.2 Å². The van der Waals surface area contributed by atoms with Crippen molar-refractivity contribution in [3.63, 3.8) is 0 Å². The number of carbonyl (C=O) groups excluding carboxylic acids is 1. The van der Waals surface area contributed by atoms with Gasteiger partial charge in [0.1, 0.15) is 6.04 Å². The predicted molar refractivity (Wildman–Crippen MR) is 69.4 cm³/mol. The van der Waals surface area contributed by atoms with E-state index in [2.05, 4.69) is 10.0 Å². The highest BCUT2D eigenvalue weighted by atomic mass is 32.2. The summed E-state index contributed by atoms with van der Waals surface area (Å²) >= 11 is 0. The van der Waals surface area contributed by atoms with Crippen molar-refractivity contribution < 1.29 is 13.2 Å². The Labute approximate surface area is 106 Å². The van der Waals surface area contributed by atoms with Crippen LogP contribution in [0, 0.1) is 0 Å². The van der Waals surface area contributed by atoms with Crippen LogP contribution in [0.4, 0.5) is 11.4 Å². The summed E-state index contributed by atoms with van der Waals surface area (Å²) in [5.74, 6) is -0.527. The first-order valence-electron chi connectivity index (χ1n) is 5.17. The van der Waals surface area contributed by atoms with Gasteiger partial charge >= 0.3 is 0 Å². The van der Waals surface area contributed by atoms with Gasteiger partial charge in [0.25, 0.3) is 0 Å². The lowest BCUT2D eigenvalue weighted by Gasteiger charge is -2.14. The molecule has 100 valence electrons. The number of nitrogen functional groups attached to an aromatic ring is 1. The standard InChI is InChI=1S/C10H16N4O3S/c1-6(10(12)15)14-9-4-3-7(5-8(9)11)18(16,17)13-2/h3-6,13-14H,11H2,1-2H3,(H2,12,15). The third-order valence-electron chi connectivity index (χ3n) is 2.40. The number of carbonyl (C=O) groups is 1. The predicted octanol–water partition coefficient (Wildman–Crippen LogP) is -0.537. The minimum atomic E-state index is -3.53. The number of anilines is 2. The monoisotopic (exact) mass is 272 g/mol. The summed E-state index contributed by atoms with van der Waals surface area (Å²) < 4.78 is 25.3. The van der Waals surface area contributed by atoms with Gasteiger partial charge in [-0.3, -0.25) is 4.79 Å². The number of hydrogen-bond acceptors (Lipinski definition) is 5. The zero-order valence-electron chi connectivity index (χ0n) is 10.1. The Hall–Kier alpha value is -1.80. The summed E-state index contributed by atoms with van der Waals surface area (Å²) in [4.78, 5) is 11.0. The van der Waals surface area contributed by atoms with Crippen molar-refractivity contribution in [1.82, 2.24) is 4.72 Å². The van der Waals surface area contributed by atoms with E-state index in [9.17, 15) is 13.2 Å². The third-order valence-corrected chi connectivity index (χ3v) is 3.81. The smallest absolute Gasteiger partial charge is 0.240 e. The molecular weight excluding hydrogens is 256 g/mol. The van der Waals surface area contributed by atoms with E-state index >= 15 is 0 Å². The molecular formula is C10H16N4O3S. The Morgan fingerprint density at radius 2 is 2.00 bits per heavy atom. The second-order valence-electron chi connectivity index (χ2n) is 3.73. The molecule has 0 radical (unpaired) electrons. The van der Waals surface area contributed by atoms with Crippen molar-refractivity contribution in [3.8, 4) is 0 Å². The first kappa shape index (κ1) is 14.3. The van der Waals surface area contributed by atoms with E-state index in [4.69, 9.17) is 11.5 Å². The van der Waals surface area contributed by atoms with Gasteiger partial charge in [-0.15, -0.1) is 0 Å². The lowest BCUT2D eigenvalue weighted by atomic mass is 10.2. The number of nitrogens with two attached hydrogens (primary N) is 2. The Kier molecular flexibility index (Phi) is 4.15. The van der Waals surface area contributed by atoms with Crippen LogP contribution >= 0.6 is 0 Å². The topological polar surface area (TPSA) is 127 Å². The molecule has 1 rings (SSSR count). The average Bonchev–Trinajstić information content (AvgIpc) is 2.31. The molecule has 0 aromatic heterocycles. The molecule has 0 aliphatic heterocycles. The van der Waals surface area contributed by atoms with Crippen LogP contribution < -0.4 is 21.5 Å². The Bertz CT molecular complexity index is 556. The summed E-state index contributed by atoms with van der Waals surface area (Å²) in [5, 5.41) is 2.79. The highest BCUT2D eigenvalue weighted by Crippen LogP contribution is 2.23. The molecule has 0 bridgehead atoms. The van der Waals surface area contributed by atoms with Crippen molar-refractivity contribution in [2.45, 2.75) is 17.9 Å². The molecule has 1 amide bonds. The largest absolute Gasteiger partial charge is 0.397 e. The average molecular weight is 272 g/mol. The summed E-state index contributed by atoms with van der Waals surface area (Å²) in [7, 11) is -2.22. The zero-order chi connectivity index (χ0) is 13.9. The summed E-state index contributed by atoms with van der Waals surface area (Å²) in [6.07, 6.45) is 0. The molecule has 0 aliphatic rings. The molecule has 6 N–H and O–H groups in total. The molecule has 0 heterocycles. The van der Waals surface area contributed by atoms with Crippen molar-refractivity contribution in [3.05, 3.63) is 18.2 Å². The number of nitrogens with one attached hydrogen (secondary N) is 2. The van der Waals surface area contributed by atoms with Crippen LogP contribution in [0.3, 0.4) is 0 Å². The third kappa shape index (κ3) is 3.11. The van der Waals surface area contributed by atoms with Gasteiger partial charge in [0, 0.05) is 0 Å². The summed E-state index contributed by atoms with van der Waals surface area (Å²) in [6, 6.07) is 3.58. The molecule has 1 aromatic carbocycles. The maximum Gasteiger partial charge on any atom is 0.240 e. The molecule has 1 unspecified atom stereocenters. The SMILES string of the molecule is CNS(=O)(=O)c1ccc(NC(C)C(N)=O)c(N)c1. The number of rotatable bonds is 5. The second-order valence-corrected chi connectivity index (χ2v) is 5.61. The van der Waals surface area contributed by atoms with E-state index in [0.717, 1.165) is 0 Å². The van der Waals surface area contributed by atoms with Gasteiger partial charge < -0.3 is 16.8 Å². The van der Waals surface area contributed by atoms with E-state index in [-0.39, 0.29) is 10.6 Å². The normalized spacial score (nSPS) is 13.0. The molecule has 0 spiro atoms. The highest BCUT2D eigenvalue weighted by Gasteiger charge is 2.14. The minimum absolute atomic E-state index is 0.0554. The van der Waals surface area contributed by atoms with Gasteiger partial charge in [0.2, 0.25) is 15.9 Å². The Balaban J connectivity index is 3.04. The molecule has 0 saturated heterocycles. The quantitative estimate of drug-likeness (QED) is 0.535. The Morgan fingerprint density at radius 1 is 1.39 bits per heavy atom. The van der Waals surface area contributed by atoms with Crippen LogP contribution in [0.25, 0.3) is 0 Å². The number of hydrogen-bond donors (Lipinski definition) is 4. The molecule has 0 saturated carbocycles. The van der Waals surface area contributed by atoms with Crippen LogP contribution in [0.1, 0.15) is 6.92 Å². The van der Waals surface area contributed by atoms with Crippen LogP contribution in [0.15, 0.2) is 23.1 Å². The fraction of sp³-hybridized carbons (Fsp3) is 0.300. The molecule has 7 nitrogen and oxygen atoms in total. The maximum atomic E-state index is 11.5. The van der Waals surface area contributed by atoms with Gasteiger partial charge in [0.15, 0.2) is 0 Å². The van der Waals surface area contributed by atoms with Crippen molar-refractivity contribution in [2.24, 2.45) is 5.73 Å². The molecule has 18 heavy (non-hydrogen) atoms. The lowest BCUT2D eigenvalue weighted by Crippen LogP contribution is -2.32. The molecule has 1 atom stereocenters. The Morgan fingerprint density at radius 3 is 2.44 bits per heavy atom. The van der Waals surface area contributed by atoms with E-state index in [0.29, 0.717) is 5.69 Å². The lowest BCUT2D eigenvalue weighted by molar-refractivity contribution is -0.118. The molecule has 0 fully saturated rings. The first-order chi connectivity index (χ1) is 8.27. The summed E-state index contributed by atoms with van der Waals surface area (Å²) in [5.41, 5.74) is 11.5. The van der Waals surface area contributed by atoms with E-state index in [1.165, 1.54) is 25.2 Å². The number of sulfonamides is 1. The number of benzene rings is 1. The minimum Gasteiger partial charge on any atom is -0.397 e. The van der Waals surface area contributed by atoms with Crippen molar-refractivity contribution in [1.29, 1.82) is 0 Å². The van der Waals surface area contributed by atoms with Crippen LogP contribution in [0.2, 0.25) is 0 Å². The van der Waals surface area contributed by atoms with E-state index in [1.54, 1.807) is 6.92 Å². The number of amides is 1. The van der Waals surface area contributed by atoms with Crippen LogP contribution in [-0.4, -0.2) is 27.4 Å². The molecule has 0 aliphatic carbocycles. The second kappa shape index (κ2) is 5.23. The molecule has 8 heteroatoms.